The Kier molecular flexibility index (Phi) is 4.79. The molecule has 0 aliphatic rings. The van der Waals surface area contributed by atoms with E-state index in [1.54, 1.807) is 12.1 Å². The number of ketones is 1. The van der Waals surface area contributed by atoms with Gasteiger partial charge in [-0.1, -0.05) is 29.3 Å². The molecule has 2 heterocycles. The second-order valence-electron chi connectivity index (χ2n) is 7.78. The van der Waals surface area contributed by atoms with Crippen LogP contribution >= 0.6 is 11.3 Å². The molecule has 0 unspecified atom stereocenters. The minimum absolute atomic E-state index is 0.0470. The number of oxazole rings is 1. The van der Waals surface area contributed by atoms with Gasteiger partial charge in [-0.05, 0) is 61.9 Å². The molecule has 3 aromatic carbocycles. The molecule has 0 aliphatic heterocycles. The van der Waals surface area contributed by atoms with Crippen LogP contribution in [0, 0.1) is 13.8 Å². The number of carbonyl (C=O) groups is 1. The summed E-state index contributed by atoms with van der Waals surface area (Å²) in [5.74, 6) is 0.263. The zero-order valence-corrected chi connectivity index (χ0v) is 18.2. The van der Waals surface area contributed by atoms with Crippen LogP contribution in [0.25, 0.3) is 32.7 Å². The first-order chi connectivity index (χ1) is 15.4. The van der Waals surface area contributed by atoms with Gasteiger partial charge in [-0.3, -0.25) is 4.79 Å². The Morgan fingerprint density at radius 3 is 2.25 bits per heavy atom. The van der Waals surface area contributed by atoms with E-state index in [4.69, 9.17) is 4.42 Å². The van der Waals surface area contributed by atoms with Gasteiger partial charge in [-0.2, -0.15) is 4.98 Å². The zero-order chi connectivity index (χ0) is 22.4. The first-order valence-corrected chi connectivity index (χ1v) is 10.8. The highest BCUT2D eigenvalue weighted by molar-refractivity contribution is 7.21. The summed E-state index contributed by atoms with van der Waals surface area (Å²) in [6.07, 6.45) is 1.18. The van der Waals surface area contributed by atoms with Gasteiger partial charge in [0, 0.05) is 26.8 Å². The fourth-order valence-electron chi connectivity index (χ4n) is 3.95. The van der Waals surface area contributed by atoms with Crippen molar-refractivity contribution >= 4 is 27.2 Å². The maximum absolute atomic E-state index is 13.6. The van der Waals surface area contributed by atoms with Crippen molar-refractivity contribution < 1.29 is 19.4 Å². The first kappa shape index (κ1) is 20.0. The molecule has 0 saturated carbocycles. The van der Waals surface area contributed by atoms with Crippen LogP contribution in [0.3, 0.4) is 0 Å². The van der Waals surface area contributed by atoms with Crippen LogP contribution in [0.15, 0.2) is 71.3 Å². The molecule has 2 N–H and O–H groups in total. The van der Waals surface area contributed by atoms with Crippen LogP contribution in [-0.4, -0.2) is 21.0 Å². The highest BCUT2D eigenvalue weighted by Gasteiger charge is 2.22. The standard InChI is InChI=1S/C26H19NO4S/c1-14-9-15(2)11-18(10-14)24(30)25-23(20-8-7-19(28)12-21(20)32-25)16-3-5-17(6-4-16)26-27-22(29)13-31-26/h3-13,28-29H,1-2H3. The molecule has 2 aromatic heterocycles. The van der Waals surface area contributed by atoms with Crippen molar-refractivity contribution in [2.75, 3.05) is 0 Å². The van der Waals surface area contributed by atoms with Crippen LogP contribution in [0.1, 0.15) is 26.4 Å². The Morgan fingerprint density at radius 2 is 1.59 bits per heavy atom. The lowest BCUT2D eigenvalue weighted by Gasteiger charge is -2.08. The van der Waals surface area contributed by atoms with Crippen molar-refractivity contribution in [1.29, 1.82) is 0 Å². The third-order valence-electron chi connectivity index (χ3n) is 5.28. The number of rotatable bonds is 4. The van der Waals surface area contributed by atoms with Crippen molar-refractivity contribution in [3.8, 4) is 34.2 Å². The number of hydrogen-bond acceptors (Lipinski definition) is 6. The van der Waals surface area contributed by atoms with Gasteiger partial charge in [0.25, 0.3) is 5.88 Å². The maximum atomic E-state index is 13.6. The van der Waals surface area contributed by atoms with E-state index in [0.717, 1.165) is 32.3 Å². The molecule has 0 saturated heterocycles. The van der Waals surface area contributed by atoms with Crippen molar-refractivity contribution in [2.24, 2.45) is 0 Å². The summed E-state index contributed by atoms with van der Waals surface area (Å²) in [5.41, 5.74) is 5.13. The van der Waals surface area contributed by atoms with E-state index < -0.39 is 0 Å². The molecule has 0 radical (unpaired) electrons. The van der Waals surface area contributed by atoms with Crippen LogP contribution in [0.4, 0.5) is 0 Å². The zero-order valence-electron chi connectivity index (χ0n) is 17.4. The Balaban J connectivity index is 1.67. The normalized spacial score (nSPS) is 11.2. The second kappa shape index (κ2) is 7.66. The molecular formula is C26H19NO4S. The van der Waals surface area contributed by atoms with Gasteiger partial charge in [0.15, 0.2) is 6.26 Å². The number of benzene rings is 3. The third kappa shape index (κ3) is 3.55. The lowest BCUT2D eigenvalue weighted by molar-refractivity contribution is 0.104. The second-order valence-corrected chi connectivity index (χ2v) is 8.83. The molecule has 0 fully saturated rings. The number of phenols is 1. The topological polar surface area (TPSA) is 83.6 Å². The van der Waals surface area contributed by atoms with Gasteiger partial charge in [0.1, 0.15) is 5.75 Å². The SMILES string of the molecule is Cc1cc(C)cc(C(=O)c2sc3cc(O)ccc3c2-c2ccc(-c3nc(O)co3)cc2)c1. The van der Waals surface area contributed by atoms with E-state index in [1.807, 2.05) is 62.4 Å². The number of phenolic OH excluding ortho intramolecular Hbond substituents is 1. The molecule has 6 heteroatoms. The van der Waals surface area contributed by atoms with E-state index in [2.05, 4.69) is 4.98 Å². The summed E-state index contributed by atoms with van der Waals surface area (Å²) in [7, 11) is 0. The molecule has 0 amide bonds. The predicted octanol–water partition coefficient (Wildman–Crippen LogP) is 6.48. The number of fused-ring (bicyclic) bond motifs is 1. The third-order valence-corrected chi connectivity index (χ3v) is 6.43. The van der Waals surface area contributed by atoms with E-state index in [-0.39, 0.29) is 17.4 Å². The summed E-state index contributed by atoms with van der Waals surface area (Å²) in [5, 5.41) is 20.3. The Morgan fingerprint density at radius 1 is 0.906 bits per heavy atom. The summed E-state index contributed by atoms with van der Waals surface area (Å²) in [6.45, 7) is 3.96. The fourth-order valence-corrected chi connectivity index (χ4v) is 5.17. The Labute approximate surface area is 188 Å². The molecular weight excluding hydrogens is 422 g/mol. The minimum atomic E-state index is -0.172. The smallest absolute Gasteiger partial charge is 0.250 e. The van der Waals surface area contributed by atoms with Crippen LogP contribution < -0.4 is 0 Å². The van der Waals surface area contributed by atoms with E-state index in [1.165, 1.54) is 17.6 Å². The first-order valence-electron chi connectivity index (χ1n) is 10.0. The molecule has 158 valence electrons. The average molecular weight is 442 g/mol. The molecule has 5 rings (SSSR count). The molecule has 0 atom stereocenters. The van der Waals surface area contributed by atoms with Gasteiger partial charge in [0.2, 0.25) is 11.7 Å². The lowest BCUT2D eigenvalue weighted by Crippen LogP contribution is -2.01. The number of aryl methyl sites for hydroxylation is 2. The average Bonchev–Trinajstić information content (AvgIpc) is 3.36. The van der Waals surface area contributed by atoms with Crippen LogP contribution in [0.2, 0.25) is 0 Å². The van der Waals surface area contributed by atoms with E-state index in [0.29, 0.717) is 21.9 Å². The lowest BCUT2D eigenvalue weighted by atomic mass is 9.96. The van der Waals surface area contributed by atoms with E-state index >= 15 is 0 Å². The highest BCUT2D eigenvalue weighted by Crippen LogP contribution is 2.41. The quantitative estimate of drug-likeness (QED) is 0.312. The molecule has 0 spiro atoms. The summed E-state index contributed by atoms with van der Waals surface area (Å²) in [4.78, 5) is 18.2. The number of carbonyl (C=O) groups excluding carboxylic acids is 1. The summed E-state index contributed by atoms with van der Waals surface area (Å²) in [6, 6.07) is 18.5. The molecule has 32 heavy (non-hydrogen) atoms. The number of hydrogen-bond donors (Lipinski definition) is 2. The summed E-state index contributed by atoms with van der Waals surface area (Å²) >= 11 is 1.38. The number of aromatic hydroxyl groups is 2. The van der Waals surface area contributed by atoms with Crippen molar-refractivity contribution in [3.63, 3.8) is 0 Å². The molecule has 5 aromatic rings. The Hall–Kier alpha value is -3.90. The monoisotopic (exact) mass is 441 g/mol. The van der Waals surface area contributed by atoms with Crippen molar-refractivity contribution in [3.05, 3.63) is 88.5 Å². The van der Waals surface area contributed by atoms with Crippen molar-refractivity contribution in [1.82, 2.24) is 4.98 Å². The molecule has 5 nitrogen and oxygen atoms in total. The Bertz CT molecular complexity index is 1460. The molecule has 0 bridgehead atoms. The van der Waals surface area contributed by atoms with Gasteiger partial charge in [-0.25, -0.2) is 0 Å². The van der Waals surface area contributed by atoms with Gasteiger partial charge in [-0.15, -0.1) is 11.3 Å². The van der Waals surface area contributed by atoms with Gasteiger partial charge < -0.3 is 14.6 Å². The van der Waals surface area contributed by atoms with E-state index in [9.17, 15) is 15.0 Å². The largest absolute Gasteiger partial charge is 0.508 e. The predicted molar refractivity (Wildman–Crippen MR) is 125 cm³/mol. The molecule has 0 aliphatic carbocycles. The minimum Gasteiger partial charge on any atom is -0.508 e. The maximum Gasteiger partial charge on any atom is 0.250 e. The van der Waals surface area contributed by atoms with Crippen molar-refractivity contribution in [2.45, 2.75) is 13.8 Å². The van der Waals surface area contributed by atoms with Gasteiger partial charge in [0.05, 0.1) is 4.88 Å². The number of aromatic nitrogens is 1. The summed E-state index contributed by atoms with van der Waals surface area (Å²) < 4.78 is 6.11. The number of nitrogens with zero attached hydrogens (tertiary/aromatic N) is 1. The highest BCUT2D eigenvalue weighted by atomic mass is 32.1. The number of thiophene rings is 1. The van der Waals surface area contributed by atoms with Gasteiger partial charge >= 0.3 is 0 Å². The van der Waals surface area contributed by atoms with Crippen LogP contribution in [0.5, 0.6) is 11.6 Å². The fraction of sp³-hybridized carbons (Fsp3) is 0.0769. The van der Waals surface area contributed by atoms with Crippen LogP contribution in [-0.2, 0) is 0 Å².